The molecule has 3 atom stereocenters. The molecule has 2 aromatic rings. The Morgan fingerprint density at radius 3 is 2.82 bits per heavy atom. The Morgan fingerprint density at radius 2 is 2.18 bits per heavy atom. The maximum atomic E-state index is 13.4. The van der Waals surface area contributed by atoms with E-state index in [9.17, 15) is 9.59 Å². The van der Waals surface area contributed by atoms with E-state index in [1.807, 2.05) is 20.8 Å². The van der Waals surface area contributed by atoms with Gasteiger partial charge in [-0.25, -0.2) is 0 Å². The second-order valence-electron chi connectivity index (χ2n) is 7.32. The molecule has 0 unspecified atom stereocenters. The van der Waals surface area contributed by atoms with Gasteiger partial charge in [0.2, 0.25) is 5.95 Å². The number of hydrogen-bond donors (Lipinski definition) is 3. The number of nitrogen functional groups attached to an aromatic ring is 1. The molecule has 1 amide bonds. The lowest BCUT2D eigenvalue weighted by Crippen LogP contribution is -2.57. The Kier molecular flexibility index (Phi) is 4.31. The minimum atomic E-state index is -0.792. The summed E-state index contributed by atoms with van der Waals surface area (Å²) in [6.45, 7) is 5.84. The molecule has 4 heterocycles. The lowest BCUT2D eigenvalue weighted by Gasteiger charge is -2.39. The Balaban J connectivity index is 1.82. The fourth-order valence-corrected chi connectivity index (χ4v) is 3.79. The predicted octanol–water partition coefficient (Wildman–Crippen LogP) is 0.728. The van der Waals surface area contributed by atoms with E-state index in [4.69, 9.17) is 15.2 Å². The van der Waals surface area contributed by atoms with E-state index in [0.717, 1.165) is 0 Å². The van der Waals surface area contributed by atoms with Gasteiger partial charge in [0.25, 0.3) is 11.5 Å². The number of ether oxygens (including phenoxy) is 2. The summed E-state index contributed by atoms with van der Waals surface area (Å²) in [7, 11) is 0. The van der Waals surface area contributed by atoms with Gasteiger partial charge in [-0.2, -0.15) is 4.98 Å². The number of nitrogens with zero attached hydrogens (tertiary/aromatic N) is 3. The summed E-state index contributed by atoms with van der Waals surface area (Å²) >= 11 is 0. The third kappa shape index (κ3) is 3.10. The Bertz CT molecular complexity index is 960. The number of hydrogen-bond acceptors (Lipinski definition) is 8. The molecule has 2 aliphatic rings. The average molecular weight is 386 g/mol. The molecule has 0 saturated carbocycles. The van der Waals surface area contributed by atoms with E-state index in [-0.39, 0.29) is 29.5 Å². The number of rotatable bonds is 2. The van der Waals surface area contributed by atoms with E-state index in [1.54, 1.807) is 18.3 Å². The van der Waals surface area contributed by atoms with Crippen LogP contribution < -0.4 is 21.5 Å². The van der Waals surface area contributed by atoms with E-state index < -0.39 is 23.5 Å². The van der Waals surface area contributed by atoms with Gasteiger partial charge in [-0.1, -0.05) is 0 Å². The van der Waals surface area contributed by atoms with Crippen molar-refractivity contribution in [3.8, 4) is 0 Å². The number of anilines is 3. The van der Waals surface area contributed by atoms with Crippen LogP contribution in [0.1, 0.15) is 31.1 Å². The highest BCUT2D eigenvalue weighted by molar-refractivity contribution is 6.08. The summed E-state index contributed by atoms with van der Waals surface area (Å²) < 4.78 is 11.9. The SMILES string of the molecule is C[C@@H]1OC(C)(C)O[C@H]1[C@@H]1CNc2nc(N)[nH]c(=O)c2N1C(=O)c1cccnc1. The summed E-state index contributed by atoms with van der Waals surface area (Å²) in [5.74, 6) is -0.948. The monoisotopic (exact) mass is 386 g/mol. The molecule has 10 nitrogen and oxygen atoms in total. The molecular weight excluding hydrogens is 364 g/mol. The second kappa shape index (κ2) is 6.57. The van der Waals surface area contributed by atoms with Crippen molar-refractivity contribution in [3.05, 3.63) is 40.4 Å². The van der Waals surface area contributed by atoms with Crippen LogP contribution >= 0.6 is 0 Å². The van der Waals surface area contributed by atoms with Gasteiger partial charge in [-0.3, -0.25) is 24.5 Å². The lowest BCUT2D eigenvalue weighted by atomic mass is 10.0. The molecule has 0 bridgehead atoms. The van der Waals surface area contributed by atoms with Gasteiger partial charge >= 0.3 is 0 Å². The maximum Gasteiger partial charge on any atom is 0.278 e. The smallest absolute Gasteiger partial charge is 0.278 e. The molecular formula is C18H22N6O4. The molecule has 148 valence electrons. The van der Waals surface area contributed by atoms with Crippen LogP contribution in [0.5, 0.6) is 0 Å². The minimum absolute atomic E-state index is 0.0292. The number of H-pyrrole nitrogens is 1. The van der Waals surface area contributed by atoms with Gasteiger partial charge in [0.15, 0.2) is 17.3 Å². The third-order valence-electron chi connectivity index (χ3n) is 4.82. The number of nitrogens with two attached hydrogens (primary N) is 1. The van der Waals surface area contributed by atoms with Crippen molar-refractivity contribution in [1.82, 2.24) is 15.0 Å². The van der Waals surface area contributed by atoms with E-state index in [1.165, 1.54) is 11.1 Å². The quantitative estimate of drug-likeness (QED) is 0.687. The highest BCUT2D eigenvalue weighted by atomic mass is 16.8. The number of nitrogens with one attached hydrogen (secondary N) is 2. The molecule has 2 aliphatic heterocycles. The van der Waals surface area contributed by atoms with Crippen LogP contribution in [0.4, 0.5) is 17.5 Å². The standard InChI is InChI=1S/C18H22N6O4/c1-9-13(28-18(2,3)27-9)11-8-21-14-12(15(25)23-17(19)22-14)24(11)16(26)10-5-4-6-20-7-10/h4-7,9,11,13H,8H2,1-3H3,(H4,19,21,22,23,25)/t9-,11-,13+/m0/s1. The predicted molar refractivity (Wildman–Crippen MR) is 102 cm³/mol. The molecule has 28 heavy (non-hydrogen) atoms. The Labute approximate surface area is 161 Å². The van der Waals surface area contributed by atoms with E-state index in [2.05, 4.69) is 20.3 Å². The van der Waals surface area contributed by atoms with Crippen molar-refractivity contribution >= 4 is 23.4 Å². The summed E-state index contributed by atoms with van der Waals surface area (Å²) in [5, 5.41) is 3.10. The van der Waals surface area contributed by atoms with Gasteiger partial charge in [0.1, 0.15) is 6.10 Å². The number of fused-ring (bicyclic) bond motifs is 1. The van der Waals surface area contributed by atoms with Gasteiger partial charge in [0, 0.05) is 18.9 Å². The third-order valence-corrected chi connectivity index (χ3v) is 4.82. The van der Waals surface area contributed by atoms with Crippen molar-refractivity contribution in [2.24, 2.45) is 0 Å². The van der Waals surface area contributed by atoms with Crippen LogP contribution in [0.15, 0.2) is 29.3 Å². The fraction of sp³-hybridized carbons (Fsp3) is 0.444. The van der Waals surface area contributed by atoms with Crippen molar-refractivity contribution in [2.45, 2.75) is 44.8 Å². The zero-order valence-electron chi connectivity index (χ0n) is 15.8. The fourth-order valence-electron chi connectivity index (χ4n) is 3.79. The molecule has 0 aromatic carbocycles. The topological polar surface area (TPSA) is 135 Å². The van der Waals surface area contributed by atoms with Crippen molar-refractivity contribution in [1.29, 1.82) is 0 Å². The van der Waals surface area contributed by atoms with Crippen LogP contribution in [-0.4, -0.2) is 51.4 Å². The Hall–Kier alpha value is -2.98. The summed E-state index contributed by atoms with van der Waals surface area (Å²) in [6.07, 6.45) is 2.30. The first-order valence-electron chi connectivity index (χ1n) is 9.00. The van der Waals surface area contributed by atoms with Crippen LogP contribution in [0.25, 0.3) is 0 Å². The number of carbonyl (C=O) groups is 1. The summed E-state index contributed by atoms with van der Waals surface area (Å²) in [5.41, 5.74) is 5.60. The number of amides is 1. The molecule has 0 radical (unpaired) electrons. The zero-order valence-corrected chi connectivity index (χ0v) is 15.8. The normalized spacial score (nSPS) is 25.8. The van der Waals surface area contributed by atoms with Crippen LogP contribution in [-0.2, 0) is 9.47 Å². The van der Waals surface area contributed by atoms with E-state index >= 15 is 0 Å². The first kappa shape index (κ1) is 18.4. The Morgan fingerprint density at radius 1 is 1.39 bits per heavy atom. The number of carbonyl (C=O) groups excluding carboxylic acids is 1. The highest BCUT2D eigenvalue weighted by Crippen LogP contribution is 2.36. The molecule has 1 fully saturated rings. The van der Waals surface area contributed by atoms with Crippen LogP contribution in [0.3, 0.4) is 0 Å². The maximum absolute atomic E-state index is 13.4. The molecule has 0 aliphatic carbocycles. The van der Waals surface area contributed by atoms with Crippen LogP contribution in [0.2, 0.25) is 0 Å². The molecule has 0 spiro atoms. The zero-order chi connectivity index (χ0) is 20.1. The van der Waals surface area contributed by atoms with E-state index in [0.29, 0.717) is 12.1 Å². The molecule has 1 saturated heterocycles. The largest absolute Gasteiger partial charge is 0.369 e. The summed E-state index contributed by atoms with van der Waals surface area (Å²) in [4.78, 5) is 38.1. The second-order valence-corrected chi connectivity index (χ2v) is 7.32. The molecule has 10 heteroatoms. The van der Waals surface area contributed by atoms with Gasteiger partial charge < -0.3 is 20.5 Å². The number of aromatic nitrogens is 3. The molecule has 4 rings (SSSR count). The van der Waals surface area contributed by atoms with Gasteiger partial charge in [0.05, 0.1) is 17.7 Å². The van der Waals surface area contributed by atoms with Crippen molar-refractivity contribution in [2.75, 3.05) is 22.5 Å². The number of pyridine rings is 1. The van der Waals surface area contributed by atoms with Gasteiger partial charge in [-0.05, 0) is 32.9 Å². The summed E-state index contributed by atoms with van der Waals surface area (Å²) in [6, 6.07) is 2.81. The van der Waals surface area contributed by atoms with Crippen LogP contribution in [0, 0.1) is 0 Å². The lowest BCUT2D eigenvalue weighted by molar-refractivity contribution is -0.146. The van der Waals surface area contributed by atoms with Gasteiger partial charge in [-0.15, -0.1) is 0 Å². The first-order valence-corrected chi connectivity index (χ1v) is 9.00. The highest BCUT2D eigenvalue weighted by Gasteiger charge is 2.48. The minimum Gasteiger partial charge on any atom is -0.369 e. The van der Waals surface area contributed by atoms with Crippen molar-refractivity contribution in [3.63, 3.8) is 0 Å². The first-order chi connectivity index (χ1) is 13.3. The average Bonchev–Trinajstić information content (AvgIpc) is 2.93. The number of aromatic amines is 1. The molecule has 2 aromatic heterocycles. The van der Waals surface area contributed by atoms with Crippen molar-refractivity contribution < 1.29 is 14.3 Å². The molecule has 4 N–H and O–H groups in total.